The van der Waals surface area contributed by atoms with E-state index in [-0.39, 0.29) is 0 Å². The second kappa shape index (κ2) is 5.89. The third-order valence-corrected chi connectivity index (χ3v) is 4.86. The van der Waals surface area contributed by atoms with E-state index in [9.17, 15) is 0 Å². The molecule has 2 fully saturated rings. The summed E-state index contributed by atoms with van der Waals surface area (Å²) in [5.41, 5.74) is 0.521. The fourth-order valence-corrected chi connectivity index (χ4v) is 3.64. The van der Waals surface area contributed by atoms with Crippen LogP contribution >= 0.6 is 0 Å². The van der Waals surface area contributed by atoms with Crippen molar-refractivity contribution in [3.63, 3.8) is 0 Å². The molecular weight excluding hydrogens is 224 g/mol. The van der Waals surface area contributed by atoms with Crippen molar-refractivity contribution in [2.45, 2.75) is 52.1 Å². The van der Waals surface area contributed by atoms with Crippen LogP contribution in [0.15, 0.2) is 0 Å². The van der Waals surface area contributed by atoms with Gasteiger partial charge in [-0.15, -0.1) is 0 Å². The molecule has 2 aliphatic rings. The number of nitrogens with one attached hydrogen (secondary N) is 1. The van der Waals surface area contributed by atoms with Crippen molar-refractivity contribution in [3.05, 3.63) is 0 Å². The lowest BCUT2D eigenvalue weighted by atomic mass is 9.69. The number of ether oxygens (including phenoxy) is 1. The zero-order valence-corrected chi connectivity index (χ0v) is 12.5. The third-order valence-electron chi connectivity index (χ3n) is 4.86. The van der Waals surface area contributed by atoms with E-state index >= 15 is 0 Å². The molecule has 1 saturated heterocycles. The highest BCUT2D eigenvalue weighted by Gasteiger charge is 2.35. The standard InChI is InChI=1S/C15H30N2O/c1-12-11-18-8-7-17(12)10-13-9-15(2,3)6-5-14(13)16-4/h12-14,16H,5-11H2,1-4H3. The topological polar surface area (TPSA) is 24.5 Å². The first-order chi connectivity index (χ1) is 8.52. The van der Waals surface area contributed by atoms with Crippen LogP contribution in [0.25, 0.3) is 0 Å². The van der Waals surface area contributed by atoms with E-state index in [2.05, 4.69) is 38.0 Å². The third kappa shape index (κ3) is 3.46. The van der Waals surface area contributed by atoms with Gasteiger partial charge in [0, 0.05) is 25.2 Å². The molecule has 1 aliphatic heterocycles. The van der Waals surface area contributed by atoms with Gasteiger partial charge >= 0.3 is 0 Å². The van der Waals surface area contributed by atoms with Crippen molar-refractivity contribution in [1.29, 1.82) is 0 Å². The Morgan fingerprint density at radius 2 is 2.17 bits per heavy atom. The van der Waals surface area contributed by atoms with Gasteiger partial charge in [-0.2, -0.15) is 0 Å². The molecule has 1 saturated carbocycles. The smallest absolute Gasteiger partial charge is 0.0619 e. The minimum atomic E-state index is 0.521. The molecule has 0 spiro atoms. The molecule has 0 aromatic carbocycles. The van der Waals surface area contributed by atoms with E-state index in [4.69, 9.17) is 4.74 Å². The summed E-state index contributed by atoms with van der Waals surface area (Å²) >= 11 is 0. The minimum absolute atomic E-state index is 0.521. The molecule has 0 amide bonds. The number of nitrogens with zero attached hydrogens (tertiary/aromatic N) is 1. The van der Waals surface area contributed by atoms with Gasteiger partial charge in [0.05, 0.1) is 13.2 Å². The summed E-state index contributed by atoms with van der Waals surface area (Å²) in [6.45, 7) is 11.3. The molecule has 0 radical (unpaired) electrons. The van der Waals surface area contributed by atoms with Crippen LogP contribution in [0.4, 0.5) is 0 Å². The summed E-state index contributed by atoms with van der Waals surface area (Å²) in [5.74, 6) is 0.791. The van der Waals surface area contributed by atoms with Gasteiger partial charge in [0.1, 0.15) is 0 Å². The van der Waals surface area contributed by atoms with E-state index in [1.54, 1.807) is 0 Å². The SMILES string of the molecule is CNC1CCC(C)(C)CC1CN1CCOCC1C. The van der Waals surface area contributed by atoms with Crippen molar-refractivity contribution in [2.24, 2.45) is 11.3 Å². The highest BCUT2D eigenvalue weighted by Crippen LogP contribution is 2.39. The zero-order chi connectivity index (χ0) is 13.2. The molecule has 106 valence electrons. The van der Waals surface area contributed by atoms with Crippen LogP contribution in [0.1, 0.15) is 40.0 Å². The fourth-order valence-electron chi connectivity index (χ4n) is 3.64. The van der Waals surface area contributed by atoms with Gasteiger partial charge in [-0.3, -0.25) is 4.90 Å². The van der Waals surface area contributed by atoms with E-state index in [1.165, 1.54) is 25.8 Å². The molecular formula is C15H30N2O. The first-order valence-electron chi connectivity index (χ1n) is 7.51. The summed E-state index contributed by atoms with van der Waals surface area (Å²) < 4.78 is 5.54. The van der Waals surface area contributed by atoms with Gasteiger partial charge < -0.3 is 10.1 Å². The van der Waals surface area contributed by atoms with Crippen molar-refractivity contribution in [2.75, 3.05) is 33.4 Å². The van der Waals surface area contributed by atoms with Crippen LogP contribution in [0.2, 0.25) is 0 Å². The Hall–Kier alpha value is -0.120. The second-order valence-corrected chi connectivity index (χ2v) is 6.98. The summed E-state index contributed by atoms with van der Waals surface area (Å²) in [7, 11) is 2.12. The van der Waals surface area contributed by atoms with Crippen molar-refractivity contribution < 1.29 is 4.74 Å². The predicted molar refractivity (Wildman–Crippen MR) is 75.8 cm³/mol. The average Bonchev–Trinajstić information content (AvgIpc) is 2.31. The number of hydrogen-bond acceptors (Lipinski definition) is 3. The number of rotatable bonds is 3. The lowest BCUT2D eigenvalue weighted by molar-refractivity contribution is -0.0178. The van der Waals surface area contributed by atoms with Crippen LogP contribution in [0, 0.1) is 11.3 Å². The van der Waals surface area contributed by atoms with Crippen LogP contribution in [-0.2, 0) is 4.74 Å². The Morgan fingerprint density at radius 1 is 1.39 bits per heavy atom. The molecule has 3 nitrogen and oxygen atoms in total. The van der Waals surface area contributed by atoms with Gasteiger partial charge in [0.25, 0.3) is 0 Å². The van der Waals surface area contributed by atoms with Gasteiger partial charge in [-0.1, -0.05) is 13.8 Å². The summed E-state index contributed by atoms with van der Waals surface area (Å²) in [6, 6.07) is 1.29. The highest BCUT2D eigenvalue weighted by molar-refractivity contribution is 4.90. The Bertz CT molecular complexity index is 267. The van der Waals surface area contributed by atoms with Crippen LogP contribution < -0.4 is 5.32 Å². The summed E-state index contributed by atoms with van der Waals surface area (Å²) in [5, 5.41) is 3.54. The quantitative estimate of drug-likeness (QED) is 0.835. The largest absolute Gasteiger partial charge is 0.379 e. The maximum absolute atomic E-state index is 5.54. The molecule has 1 N–H and O–H groups in total. The first-order valence-corrected chi connectivity index (χ1v) is 7.51. The van der Waals surface area contributed by atoms with E-state index in [0.717, 1.165) is 25.7 Å². The lowest BCUT2D eigenvalue weighted by Gasteiger charge is -2.44. The maximum atomic E-state index is 5.54. The van der Waals surface area contributed by atoms with E-state index in [1.807, 2.05) is 0 Å². The lowest BCUT2D eigenvalue weighted by Crippen LogP contribution is -2.51. The van der Waals surface area contributed by atoms with Crippen LogP contribution in [0.3, 0.4) is 0 Å². The van der Waals surface area contributed by atoms with Gasteiger partial charge in [0.2, 0.25) is 0 Å². The monoisotopic (exact) mass is 254 g/mol. The average molecular weight is 254 g/mol. The first kappa shape index (κ1) is 14.3. The molecule has 1 aliphatic carbocycles. The molecule has 18 heavy (non-hydrogen) atoms. The van der Waals surface area contributed by atoms with Crippen molar-refractivity contribution in [3.8, 4) is 0 Å². The molecule has 1 heterocycles. The zero-order valence-electron chi connectivity index (χ0n) is 12.5. The number of hydrogen-bond donors (Lipinski definition) is 1. The molecule has 3 heteroatoms. The number of morpholine rings is 1. The Morgan fingerprint density at radius 3 is 2.83 bits per heavy atom. The van der Waals surface area contributed by atoms with Gasteiger partial charge in [-0.25, -0.2) is 0 Å². The molecule has 0 aromatic heterocycles. The Kier molecular flexibility index (Phi) is 4.68. The minimum Gasteiger partial charge on any atom is -0.379 e. The highest BCUT2D eigenvalue weighted by atomic mass is 16.5. The fraction of sp³-hybridized carbons (Fsp3) is 1.00. The van der Waals surface area contributed by atoms with Crippen LogP contribution in [-0.4, -0.2) is 50.3 Å². The summed E-state index contributed by atoms with van der Waals surface area (Å²) in [6.07, 6.45) is 4.03. The predicted octanol–water partition coefficient (Wildman–Crippen LogP) is 2.12. The van der Waals surface area contributed by atoms with Gasteiger partial charge in [0.15, 0.2) is 0 Å². The van der Waals surface area contributed by atoms with Gasteiger partial charge in [-0.05, 0) is 44.6 Å². The summed E-state index contributed by atoms with van der Waals surface area (Å²) in [4.78, 5) is 2.62. The molecule has 0 aromatic rings. The Balaban J connectivity index is 1.95. The Labute approximate surface area is 112 Å². The molecule has 0 bridgehead atoms. The normalized spacial score (nSPS) is 37.7. The van der Waals surface area contributed by atoms with Crippen molar-refractivity contribution >= 4 is 0 Å². The van der Waals surface area contributed by atoms with E-state index in [0.29, 0.717) is 17.5 Å². The molecule has 3 unspecified atom stereocenters. The maximum Gasteiger partial charge on any atom is 0.0619 e. The van der Waals surface area contributed by atoms with Crippen molar-refractivity contribution in [1.82, 2.24) is 10.2 Å². The second-order valence-electron chi connectivity index (χ2n) is 6.98. The molecule has 2 rings (SSSR count). The van der Waals surface area contributed by atoms with E-state index < -0.39 is 0 Å². The van der Waals surface area contributed by atoms with Crippen LogP contribution in [0.5, 0.6) is 0 Å². The molecule has 3 atom stereocenters.